The van der Waals surface area contributed by atoms with E-state index >= 15 is 0 Å². The van der Waals surface area contributed by atoms with Crippen molar-refractivity contribution in [3.63, 3.8) is 0 Å². The maximum Gasteiger partial charge on any atom is 0.264 e. The van der Waals surface area contributed by atoms with E-state index in [-0.39, 0.29) is 16.8 Å². The van der Waals surface area contributed by atoms with Crippen molar-refractivity contribution in [2.24, 2.45) is 0 Å². The van der Waals surface area contributed by atoms with E-state index in [2.05, 4.69) is 5.32 Å². The number of hydrogen-bond donors (Lipinski definition) is 1. The minimum absolute atomic E-state index is 0.242. The molecule has 8 heteroatoms. The number of sulfonamides is 1. The fraction of sp³-hybridized carbons (Fsp3) is 0.208. The van der Waals surface area contributed by atoms with Crippen molar-refractivity contribution < 1.29 is 22.7 Å². The normalized spacial score (nSPS) is 15.2. The molecule has 0 spiro atoms. The monoisotopic (exact) mass is 452 g/mol. The standard InChI is InChI=1S/C24H24N2O5S/c1-16-13-18-14-17(24(27)25-21-15-19(30-2)10-12-23(21)31-3)9-11-22(18)26(16)32(28,29)20-7-5-4-6-8-20/h4-12,14-16H,13H2,1-3H3,(H,25,27)/t16-/m0/s1. The molecule has 0 aliphatic carbocycles. The Morgan fingerprint density at radius 1 is 1.00 bits per heavy atom. The summed E-state index contributed by atoms with van der Waals surface area (Å²) in [6, 6.07) is 18.3. The van der Waals surface area contributed by atoms with Crippen LogP contribution in [0.25, 0.3) is 0 Å². The van der Waals surface area contributed by atoms with Crippen LogP contribution in [0.15, 0.2) is 71.6 Å². The van der Waals surface area contributed by atoms with E-state index in [1.807, 2.05) is 6.92 Å². The third-order valence-electron chi connectivity index (χ3n) is 5.45. The average Bonchev–Trinajstić information content (AvgIpc) is 3.15. The van der Waals surface area contributed by atoms with E-state index in [9.17, 15) is 13.2 Å². The van der Waals surface area contributed by atoms with Crippen LogP contribution < -0.4 is 19.1 Å². The number of rotatable bonds is 6. The predicted octanol–water partition coefficient (Wildman–Crippen LogP) is 4.10. The Hall–Kier alpha value is -3.52. The van der Waals surface area contributed by atoms with Gasteiger partial charge in [-0.3, -0.25) is 9.10 Å². The largest absolute Gasteiger partial charge is 0.497 e. The molecule has 1 amide bonds. The van der Waals surface area contributed by atoms with Gasteiger partial charge in [-0.2, -0.15) is 0 Å². The molecule has 1 N–H and O–H groups in total. The number of fused-ring (bicyclic) bond motifs is 1. The molecule has 3 aromatic rings. The predicted molar refractivity (Wildman–Crippen MR) is 123 cm³/mol. The molecule has 1 aliphatic rings. The topological polar surface area (TPSA) is 84.9 Å². The highest BCUT2D eigenvalue weighted by atomic mass is 32.2. The van der Waals surface area contributed by atoms with Gasteiger partial charge in [-0.1, -0.05) is 18.2 Å². The van der Waals surface area contributed by atoms with Gasteiger partial charge in [-0.25, -0.2) is 8.42 Å². The van der Waals surface area contributed by atoms with Gasteiger partial charge in [0.1, 0.15) is 11.5 Å². The van der Waals surface area contributed by atoms with Gasteiger partial charge in [0.15, 0.2) is 0 Å². The first kappa shape index (κ1) is 21.7. The Kier molecular flexibility index (Phi) is 5.80. The molecule has 1 heterocycles. The van der Waals surface area contributed by atoms with Crippen LogP contribution in [0.1, 0.15) is 22.8 Å². The fourth-order valence-corrected chi connectivity index (χ4v) is 5.64. The van der Waals surface area contributed by atoms with Crippen molar-refractivity contribution in [3.05, 3.63) is 77.9 Å². The van der Waals surface area contributed by atoms with Crippen molar-refractivity contribution in [1.29, 1.82) is 0 Å². The van der Waals surface area contributed by atoms with Gasteiger partial charge in [0.05, 0.1) is 30.5 Å². The number of methoxy groups -OCH3 is 2. The summed E-state index contributed by atoms with van der Waals surface area (Å²) in [4.78, 5) is 13.2. The second-order valence-electron chi connectivity index (χ2n) is 7.53. The van der Waals surface area contributed by atoms with Crippen LogP contribution in [0.4, 0.5) is 11.4 Å². The second-order valence-corrected chi connectivity index (χ2v) is 9.35. The van der Waals surface area contributed by atoms with Gasteiger partial charge in [-0.15, -0.1) is 0 Å². The lowest BCUT2D eigenvalue weighted by molar-refractivity contribution is 0.102. The molecule has 0 radical (unpaired) electrons. The zero-order valence-corrected chi connectivity index (χ0v) is 18.8. The lowest BCUT2D eigenvalue weighted by Gasteiger charge is -2.24. The first-order valence-electron chi connectivity index (χ1n) is 10.1. The highest BCUT2D eigenvalue weighted by Gasteiger charge is 2.36. The molecule has 1 atom stereocenters. The van der Waals surface area contributed by atoms with Crippen LogP contribution in [0.2, 0.25) is 0 Å². The highest BCUT2D eigenvalue weighted by Crippen LogP contribution is 2.37. The molecular formula is C24H24N2O5S. The van der Waals surface area contributed by atoms with Gasteiger partial charge in [0.25, 0.3) is 15.9 Å². The van der Waals surface area contributed by atoms with Crippen LogP contribution in [0.3, 0.4) is 0 Å². The van der Waals surface area contributed by atoms with Crippen LogP contribution in [-0.4, -0.2) is 34.6 Å². The summed E-state index contributed by atoms with van der Waals surface area (Å²) in [5, 5.41) is 2.85. The number of nitrogens with zero attached hydrogens (tertiary/aromatic N) is 1. The zero-order valence-electron chi connectivity index (χ0n) is 18.0. The molecule has 0 bridgehead atoms. The van der Waals surface area contributed by atoms with Gasteiger partial charge in [0, 0.05) is 17.7 Å². The number of anilines is 2. The smallest absolute Gasteiger partial charge is 0.264 e. The first-order valence-corrected chi connectivity index (χ1v) is 11.5. The van der Waals surface area contributed by atoms with Crippen LogP contribution in [0, 0.1) is 0 Å². The third kappa shape index (κ3) is 3.89. The second kappa shape index (κ2) is 8.55. The lowest BCUT2D eigenvalue weighted by atomic mass is 10.1. The molecule has 7 nitrogen and oxygen atoms in total. The Morgan fingerprint density at radius 2 is 1.75 bits per heavy atom. The summed E-state index contributed by atoms with van der Waals surface area (Å²) in [7, 11) is -0.628. The number of carbonyl (C=O) groups excluding carboxylic acids is 1. The summed E-state index contributed by atoms with van der Waals surface area (Å²) in [5.41, 5.74) is 2.32. The van der Waals surface area contributed by atoms with Crippen molar-refractivity contribution in [2.75, 3.05) is 23.8 Å². The van der Waals surface area contributed by atoms with Gasteiger partial charge >= 0.3 is 0 Å². The van der Waals surface area contributed by atoms with E-state index in [0.717, 1.165) is 5.56 Å². The van der Waals surface area contributed by atoms with Crippen molar-refractivity contribution in [1.82, 2.24) is 0 Å². The Labute approximate surface area is 187 Å². The maximum absolute atomic E-state index is 13.2. The van der Waals surface area contributed by atoms with Crippen molar-refractivity contribution in [3.8, 4) is 11.5 Å². The molecule has 0 saturated carbocycles. The molecule has 0 aromatic heterocycles. The molecule has 1 aliphatic heterocycles. The van der Waals surface area contributed by atoms with Gasteiger partial charge in [-0.05, 0) is 61.4 Å². The summed E-state index contributed by atoms with van der Waals surface area (Å²) in [6.07, 6.45) is 0.519. The van der Waals surface area contributed by atoms with E-state index in [4.69, 9.17) is 9.47 Å². The molecule has 0 unspecified atom stereocenters. The first-order chi connectivity index (χ1) is 15.3. The number of nitrogens with one attached hydrogen (secondary N) is 1. The van der Waals surface area contributed by atoms with Crippen molar-refractivity contribution in [2.45, 2.75) is 24.3 Å². The lowest BCUT2D eigenvalue weighted by Crippen LogP contribution is -2.35. The van der Waals surface area contributed by atoms with E-state index in [0.29, 0.717) is 34.9 Å². The number of amides is 1. The molecule has 3 aromatic carbocycles. The van der Waals surface area contributed by atoms with Crippen LogP contribution in [0.5, 0.6) is 11.5 Å². The summed E-state index contributed by atoms with van der Waals surface area (Å²) < 4.78 is 38.4. The van der Waals surface area contributed by atoms with Gasteiger partial charge in [0.2, 0.25) is 0 Å². The zero-order chi connectivity index (χ0) is 22.9. The molecule has 0 saturated heterocycles. The van der Waals surface area contributed by atoms with Gasteiger partial charge < -0.3 is 14.8 Å². The Bertz CT molecular complexity index is 1260. The van der Waals surface area contributed by atoms with E-state index in [1.165, 1.54) is 11.4 Å². The molecule has 166 valence electrons. The summed E-state index contributed by atoms with van der Waals surface area (Å²) in [6.45, 7) is 1.86. The summed E-state index contributed by atoms with van der Waals surface area (Å²) in [5.74, 6) is 0.774. The number of ether oxygens (including phenoxy) is 2. The fourth-order valence-electron chi connectivity index (χ4n) is 3.92. The minimum atomic E-state index is -3.70. The van der Waals surface area contributed by atoms with Crippen molar-refractivity contribution >= 4 is 27.3 Å². The number of hydrogen-bond acceptors (Lipinski definition) is 5. The molecular weight excluding hydrogens is 428 g/mol. The third-order valence-corrected chi connectivity index (χ3v) is 7.39. The number of benzene rings is 3. The van der Waals surface area contributed by atoms with E-state index in [1.54, 1.807) is 73.8 Å². The minimum Gasteiger partial charge on any atom is -0.497 e. The molecule has 4 rings (SSSR count). The Balaban J connectivity index is 1.63. The maximum atomic E-state index is 13.2. The van der Waals surface area contributed by atoms with Crippen LogP contribution >= 0.6 is 0 Å². The van der Waals surface area contributed by atoms with Crippen LogP contribution in [-0.2, 0) is 16.4 Å². The SMILES string of the molecule is COc1ccc(OC)c(NC(=O)c2ccc3c(c2)C[C@H](C)N3S(=O)(=O)c2ccccc2)c1. The molecule has 32 heavy (non-hydrogen) atoms. The molecule has 0 fully saturated rings. The average molecular weight is 453 g/mol. The number of carbonyl (C=O) groups is 1. The highest BCUT2D eigenvalue weighted by molar-refractivity contribution is 7.92. The quantitative estimate of drug-likeness (QED) is 0.609. The Morgan fingerprint density at radius 3 is 2.44 bits per heavy atom. The van der Waals surface area contributed by atoms with E-state index < -0.39 is 10.0 Å². The summed E-state index contributed by atoms with van der Waals surface area (Å²) >= 11 is 0.